The number of aliphatic hydroxyl groups is 1. The second kappa shape index (κ2) is 9.65. The van der Waals surface area contributed by atoms with E-state index in [1.807, 2.05) is 0 Å². The quantitative estimate of drug-likeness (QED) is 0.288. The molecule has 7 aliphatic rings. The molecule has 0 aromatic heterocycles. The first-order chi connectivity index (χ1) is 19.3. The van der Waals surface area contributed by atoms with Crippen LogP contribution in [0.5, 0.6) is 0 Å². The molecule has 0 aromatic carbocycles. The molecule has 6 heteroatoms. The molecule has 0 amide bonds. The highest BCUT2D eigenvalue weighted by molar-refractivity contribution is 5.66. The van der Waals surface area contributed by atoms with Crippen molar-refractivity contribution in [2.24, 2.45) is 45.3 Å². The van der Waals surface area contributed by atoms with E-state index in [0.29, 0.717) is 34.2 Å². The van der Waals surface area contributed by atoms with Gasteiger partial charge in [0.2, 0.25) is 0 Å². The summed E-state index contributed by atoms with van der Waals surface area (Å²) in [5.41, 5.74) is 0.426. The summed E-state index contributed by atoms with van der Waals surface area (Å²) >= 11 is 0. The fourth-order valence-electron chi connectivity index (χ4n) is 12.6. The van der Waals surface area contributed by atoms with Crippen molar-refractivity contribution in [2.45, 2.75) is 161 Å². The van der Waals surface area contributed by atoms with Gasteiger partial charge in [-0.05, 0) is 143 Å². The zero-order valence-electron chi connectivity index (χ0n) is 26.6. The van der Waals surface area contributed by atoms with E-state index in [0.717, 1.165) is 44.1 Å². The molecule has 8 unspecified atom stereocenters. The van der Waals surface area contributed by atoms with Gasteiger partial charge < -0.3 is 24.1 Å². The van der Waals surface area contributed by atoms with Gasteiger partial charge in [0.05, 0.1) is 23.9 Å². The molecular formula is C35H56O6. The molecule has 5 saturated carbocycles. The van der Waals surface area contributed by atoms with Gasteiger partial charge in [0, 0.05) is 13.5 Å². The second-order valence-electron chi connectivity index (χ2n) is 16.9. The van der Waals surface area contributed by atoms with E-state index >= 15 is 0 Å². The minimum absolute atomic E-state index is 0.00415. The average Bonchev–Trinajstić information content (AvgIpc) is 3.49. The van der Waals surface area contributed by atoms with Gasteiger partial charge in [-0.25, -0.2) is 0 Å². The second-order valence-corrected chi connectivity index (χ2v) is 16.9. The molecule has 7 rings (SSSR count). The van der Waals surface area contributed by atoms with Gasteiger partial charge in [0.25, 0.3) is 0 Å². The van der Waals surface area contributed by atoms with Crippen LogP contribution in [0.4, 0.5) is 0 Å². The summed E-state index contributed by atoms with van der Waals surface area (Å²) in [5.74, 6) is 2.50. The Kier molecular flexibility index (Phi) is 6.84. The lowest BCUT2D eigenvalue weighted by molar-refractivity contribution is -0.237. The summed E-state index contributed by atoms with van der Waals surface area (Å²) < 4.78 is 25.3. The number of hydrogen-bond donors (Lipinski definition) is 1. The summed E-state index contributed by atoms with van der Waals surface area (Å²) in [6.07, 6.45) is 15.6. The van der Waals surface area contributed by atoms with E-state index in [2.05, 4.69) is 20.8 Å². The van der Waals surface area contributed by atoms with Crippen LogP contribution in [0, 0.1) is 45.3 Å². The summed E-state index contributed by atoms with van der Waals surface area (Å²) in [5, 5.41) is 10.9. The van der Waals surface area contributed by atoms with Crippen molar-refractivity contribution in [3.05, 3.63) is 0 Å². The Labute approximate surface area is 248 Å². The summed E-state index contributed by atoms with van der Waals surface area (Å²) in [6, 6.07) is 0. The Morgan fingerprint density at radius 2 is 1.71 bits per heavy atom. The van der Waals surface area contributed by atoms with Gasteiger partial charge >= 0.3 is 5.97 Å². The molecule has 1 N–H and O–H groups in total. The molecule has 5 aliphatic carbocycles. The third kappa shape index (κ3) is 4.26. The first kappa shape index (κ1) is 29.0. The van der Waals surface area contributed by atoms with Crippen LogP contribution in [-0.4, -0.2) is 54.0 Å². The first-order valence-electron chi connectivity index (χ1n) is 17.1. The predicted molar refractivity (Wildman–Crippen MR) is 156 cm³/mol. The van der Waals surface area contributed by atoms with E-state index in [9.17, 15) is 9.90 Å². The monoisotopic (exact) mass is 572 g/mol. The number of esters is 1. The maximum Gasteiger partial charge on any atom is 0.303 e. The van der Waals surface area contributed by atoms with Crippen LogP contribution in [0.3, 0.4) is 0 Å². The highest BCUT2D eigenvalue weighted by Crippen LogP contribution is 2.87. The van der Waals surface area contributed by atoms with Gasteiger partial charge in [-0.1, -0.05) is 20.8 Å². The molecule has 2 heterocycles. The van der Waals surface area contributed by atoms with Crippen LogP contribution in [-0.2, 0) is 23.7 Å². The molecule has 232 valence electrons. The van der Waals surface area contributed by atoms with Gasteiger partial charge in [-0.3, -0.25) is 4.79 Å². The van der Waals surface area contributed by atoms with Crippen molar-refractivity contribution in [3.63, 3.8) is 0 Å². The van der Waals surface area contributed by atoms with Crippen LogP contribution >= 0.6 is 0 Å². The van der Waals surface area contributed by atoms with Gasteiger partial charge in [-0.2, -0.15) is 0 Å². The Bertz CT molecular complexity index is 1030. The molecule has 2 saturated heterocycles. The van der Waals surface area contributed by atoms with E-state index in [-0.39, 0.29) is 29.9 Å². The zero-order chi connectivity index (χ0) is 29.0. The normalized spacial score (nSPS) is 50.8. The van der Waals surface area contributed by atoms with Crippen molar-refractivity contribution < 1.29 is 28.8 Å². The number of carbonyl (C=O) groups excluding carboxylic acids is 1. The van der Waals surface area contributed by atoms with E-state index in [1.165, 1.54) is 64.7 Å². The van der Waals surface area contributed by atoms with E-state index in [1.54, 1.807) is 13.8 Å². The maximum absolute atomic E-state index is 11.9. The summed E-state index contributed by atoms with van der Waals surface area (Å²) in [7, 11) is 0. The Morgan fingerprint density at radius 1 is 0.927 bits per heavy atom. The molecule has 6 nitrogen and oxygen atoms in total. The van der Waals surface area contributed by atoms with Gasteiger partial charge in [0.15, 0.2) is 12.4 Å². The molecule has 2 spiro atoms. The molecule has 0 aromatic rings. The largest absolute Gasteiger partial charge is 0.457 e. The maximum atomic E-state index is 11.9. The average molecular weight is 573 g/mol. The molecule has 0 radical (unpaired) electrons. The number of carbonyl (C=O) groups is 1. The van der Waals surface area contributed by atoms with Gasteiger partial charge in [-0.15, -0.1) is 0 Å². The van der Waals surface area contributed by atoms with Crippen LogP contribution in [0.15, 0.2) is 0 Å². The van der Waals surface area contributed by atoms with Crippen LogP contribution in [0.2, 0.25) is 0 Å². The molecule has 7 fully saturated rings. The summed E-state index contributed by atoms with van der Waals surface area (Å²) in [6.45, 7) is 13.4. The fraction of sp³-hybridized carbons (Fsp3) is 0.971. The highest BCUT2D eigenvalue weighted by atomic mass is 16.7. The predicted octanol–water partition coefficient (Wildman–Crippen LogP) is 6.81. The van der Waals surface area contributed by atoms with Crippen molar-refractivity contribution in [2.75, 3.05) is 6.61 Å². The Morgan fingerprint density at radius 3 is 2.41 bits per heavy atom. The minimum atomic E-state index is -1.13. The summed E-state index contributed by atoms with van der Waals surface area (Å²) in [4.78, 5) is 11.9. The van der Waals surface area contributed by atoms with Gasteiger partial charge in [0.1, 0.15) is 0 Å². The fourth-order valence-corrected chi connectivity index (χ4v) is 12.6. The smallest absolute Gasteiger partial charge is 0.303 e. The number of fused-ring (bicyclic) bond motifs is 4. The Balaban J connectivity index is 1.08. The third-order valence-corrected chi connectivity index (χ3v) is 14.3. The van der Waals surface area contributed by atoms with Crippen LogP contribution < -0.4 is 0 Å². The molecular weight excluding hydrogens is 516 g/mol. The topological polar surface area (TPSA) is 74.2 Å². The first-order valence-corrected chi connectivity index (χ1v) is 17.1. The standard InChI is InChI=1S/C35H56O6/c1-21(36)39-30(32(4,5)37)25-12-10-23-26(40-25)19-24-22-11-13-27-31(2,3)28(41-29-9-7-8-18-38-29)14-15-35(27)20-34(22,35)17-16-33(23,24)6/h22-30,37H,7-20H2,1-6H3/t22?,23?,24?,25?,26?,27?,28-,29?,30-,33+,34?,35+/m0/s1. The SMILES string of the molecule is CC(=O)O[C@@H](C1CCC2C(CC3C4CCC5C(C)(C)[C@@H](OC6CCCCO6)CC[C@@]56CC46CC[C@]23C)O1)C(C)(C)O. The lowest BCUT2D eigenvalue weighted by Crippen LogP contribution is -2.55. The lowest BCUT2D eigenvalue weighted by atomic mass is 9.46. The van der Waals surface area contributed by atoms with Crippen molar-refractivity contribution in [3.8, 4) is 0 Å². The minimum Gasteiger partial charge on any atom is -0.457 e. The van der Waals surface area contributed by atoms with Crippen molar-refractivity contribution >= 4 is 5.97 Å². The number of ether oxygens (including phenoxy) is 4. The van der Waals surface area contributed by atoms with Crippen molar-refractivity contribution in [1.29, 1.82) is 0 Å². The van der Waals surface area contributed by atoms with Crippen LogP contribution in [0.25, 0.3) is 0 Å². The zero-order valence-corrected chi connectivity index (χ0v) is 26.6. The third-order valence-electron chi connectivity index (χ3n) is 14.3. The van der Waals surface area contributed by atoms with E-state index in [4.69, 9.17) is 18.9 Å². The van der Waals surface area contributed by atoms with E-state index < -0.39 is 11.7 Å². The number of rotatable bonds is 5. The van der Waals surface area contributed by atoms with Crippen LogP contribution in [0.1, 0.15) is 125 Å². The molecule has 12 atom stereocenters. The molecule has 41 heavy (non-hydrogen) atoms. The molecule has 2 aliphatic heterocycles. The molecule has 0 bridgehead atoms. The van der Waals surface area contributed by atoms with Crippen molar-refractivity contribution in [1.82, 2.24) is 0 Å². The lowest BCUT2D eigenvalue weighted by Gasteiger charge is -2.60. The highest BCUT2D eigenvalue weighted by Gasteiger charge is 2.80. The Hall–Kier alpha value is -0.690. The number of hydrogen-bond acceptors (Lipinski definition) is 6.